The van der Waals surface area contributed by atoms with Crippen molar-refractivity contribution >= 4 is 17.5 Å². The Morgan fingerprint density at radius 3 is 2.78 bits per heavy atom. The van der Waals surface area contributed by atoms with E-state index in [1.165, 1.54) is 6.42 Å². The molecule has 2 bridgehead atoms. The minimum Gasteiger partial charge on any atom is -0.362 e. The van der Waals surface area contributed by atoms with Crippen LogP contribution in [0.25, 0.3) is 0 Å². The molecule has 5 nitrogen and oxygen atoms in total. The van der Waals surface area contributed by atoms with Gasteiger partial charge < -0.3 is 15.5 Å². The zero-order valence-corrected chi connectivity index (χ0v) is 16.0. The van der Waals surface area contributed by atoms with E-state index in [-0.39, 0.29) is 17.5 Å². The molecule has 6 rings (SSSR count). The van der Waals surface area contributed by atoms with Crippen LogP contribution >= 0.6 is 0 Å². The minimum atomic E-state index is -0.376. The summed E-state index contributed by atoms with van der Waals surface area (Å²) in [6.45, 7) is 3.11. The zero-order valence-electron chi connectivity index (χ0n) is 16.0. The predicted octanol–water partition coefficient (Wildman–Crippen LogP) is 3.38. The number of carbonyl (C=O) groups excluding carboxylic acids is 2. The van der Waals surface area contributed by atoms with Gasteiger partial charge in [-0.05, 0) is 69.9 Å². The maximum absolute atomic E-state index is 13.3. The monoisotopic (exact) mass is 367 g/mol. The first-order valence-corrected chi connectivity index (χ1v) is 10.6. The fourth-order valence-electron chi connectivity index (χ4n) is 6.08. The lowest BCUT2D eigenvalue weighted by Gasteiger charge is -2.57. The molecule has 1 aromatic rings. The molecule has 1 spiro atoms. The van der Waals surface area contributed by atoms with Crippen LogP contribution in [-0.2, 0) is 4.79 Å². The molecule has 1 aromatic carbocycles. The lowest BCUT2D eigenvalue weighted by atomic mass is 9.58. The van der Waals surface area contributed by atoms with Crippen molar-refractivity contribution in [2.24, 2.45) is 17.8 Å². The summed E-state index contributed by atoms with van der Waals surface area (Å²) in [6.07, 6.45) is 7.43. The molecular formula is C22H29N3O2. The Kier molecular flexibility index (Phi) is 3.95. The molecule has 4 fully saturated rings. The minimum absolute atomic E-state index is 0.0180. The van der Waals surface area contributed by atoms with Gasteiger partial charge in [-0.3, -0.25) is 9.59 Å². The van der Waals surface area contributed by atoms with E-state index in [9.17, 15) is 9.59 Å². The highest BCUT2D eigenvalue weighted by molar-refractivity contribution is 6.02. The van der Waals surface area contributed by atoms with Gasteiger partial charge in [0.15, 0.2) is 0 Å². The molecule has 0 radical (unpaired) electrons. The van der Waals surface area contributed by atoms with Crippen LogP contribution in [0.15, 0.2) is 24.3 Å². The Balaban J connectivity index is 1.38. The number of hydrogen-bond acceptors (Lipinski definition) is 3. The van der Waals surface area contributed by atoms with Crippen molar-refractivity contribution in [3.8, 4) is 0 Å². The van der Waals surface area contributed by atoms with Crippen molar-refractivity contribution < 1.29 is 9.59 Å². The lowest BCUT2D eigenvalue weighted by Crippen LogP contribution is -2.68. The van der Waals surface area contributed by atoms with Crippen LogP contribution in [0.3, 0.4) is 0 Å². The molecule has 2 heterocycles. The summed E-state index contributed by atoms with van der Waals surface area (Å²) >= 11 is 0. The van der Waals surface area contributed by atoms with Crippen molar-refractivity contribution in [3.05, 3.63) is 29.8 Å². The third-order valence-electron chi connectivity index (χ3n) is 7.54. The number of anilines is 1. The molecule has 3 saturated carbocycles. The summed E-state index contributed by atoms with van der Waals surface area (Å²) < 4.78 is 0. The van der Waals surface area contributed by atoms with Gasteiger partial charge in [0, 0.05) is 30.1 Å². The Morgan fingerprint density at radius 1 is 1.15 bits per heavy atom. The van der Waals surface area contributed by atoms with Crippen LogP contribution in [0.4, 0.5) is 5.69 Å². The van der Waals surface area contributed by atoms with Crippen LogP contribution < -0.4 is 10.6 Å². The van der Waals surface area contributed by atoms with Gasteiger partial charge in [0.2, 0.25) is 5.91 Å². The summed E-state index contributed by atoms with van der Waals surface area (Å²) in [4.78, 5) is 28.2. The number of hydrogen-bond donors (Lipinski definition) is 2. The van der Waals surface area contributed by atoms with Gasteiger partial charge in [-0.25, -0.2) is 0 Å². The molecule has 2 N–H and O–H groups in total. The summed E-state index contributed by atoms with van der Waals surface area (Å²) in [5.74, 6) is 1.19. The highest BCUT2D eigenvalue weighted by Crippen LogP contribution is 2.52. The molecular weight excluding hydrogens is 338 g/mol. The standard InChI is InChI=1S/C22H29N3O2/c1-14-6-4-5-11-25(14)21(27)18-12-16-10-9-15(18)13-22(16)23-19-8-3-2-7-17(19)20(26)24-22/h2-3,7-8,14-16,18,23H,4-6,9-13H2,1H3,(H,24,26)/t14-,15+,16-,18+,22+/m0/s1. The number of amides is 2. The maximum atomic E-state index is 13.3. The largest absolute Gasteiger partial charge is 0.362 e. The van der Waals surface area contributed by atoms with Gasteiger partial charge in [0.05, 0.1) is 5.56 Å². The quantitative estimate of drug-likeness (QED) is 0.800. The van der Waals surface area contributed by atoms with Gasteiger partial charge in [-0.2, -0.15) is 0 Å². The number of nitrogens with one attached hydrogen (secondary N) is 2. The molecule has 2 amide bonds. The van der Waals surface area contributed by atoms with Crippen molar-refractivity contribution in [2.75, 3.05) is 11.9 Å². The number of rotatable bonds is 1. The van der Waals surface area contributed by atoms with Gasteiger partial charge >= 0.3 is 0 Å². The average Bonchev–Trinajstić information content (AvgIpc) is 2.68. The summed E-state index contributed by atoms with van der Waals surface area (Å²) in [5.41, 5.74) is 1.28. The second-order valence-electron chi connectivity index (χ2n) is 9.05. The van der Waals surface area contributed by atoms with Crippen molar-refractivity contribution in [2.45, 2.75) is 63.6 Å². The van der Waals surface area contributed by atoms with E-state index in [1.54, 1.807) is 0 Å². The third-order valence-corrected chi connectivity index (χ3v) is 7.54. The molecule has 144 valence electrons. The first-order valence-electron chi connectivity index (χ1n) is 10.6. The maximum Gasteiger partial charge on any atom is 0.255 e. The highest BCUT2D eigenvalue weighted by Gasteiger charge is 2.55. The average molecular weight is 367 g/mol. The Bertz CT molecular complexity index is 779. The predicted molar refractivity (Wildman–Crippen MR) is 104 cm³/mol. The second-order valence-corrected chi connectivity index (χ2v) is 9.05. The number of likely N-dealkylation sites (tertiary alicyclic amines) is 1. The molecule has 27 heavy (non-hydrogen) atoms. The normalized spacial score (nSPS) is 37.5. The summed E-state index contributed by atoms with van der Waals surface area (Å²) in [5, 5.41) is 6.96. The van der Waals surface area contributed by atoms with Gasteiger partial charge in [-0.1, -0.05) is 12.1 Å². The number of benzene rings is 1. The molecule has 2 aliphatic heterocycles. The smallest absolute Gasteiger partial charge is 0.255 e. The van der Waals surface area contributed by atoms with Crippen molar-refractivity contribution in [3.63, 3.8) is 0 Å². The van der Waals surface area contributed by atoms with Gasteiger partial charge in [0.25, 0.3) is 5.91 Å². The fourth-order valence-corrected chi connectivity index (χ4v) is 6.08. The lowest BCUT2D eigenvalue weighted by molar-refractivity contribution is -0.146. The van der Waals surface area contributed by atoms with E-state index in [4.69, 9.17) is 0 Å². The SMILES string of the molecule is C[C@H]1CCCCN1C(=O)[C@@H]1C[C@@H]2CC[C@@H]1C[C@@]21NC(=O)c2ccccc2N1. The summed E-state index contributed by atoms with van der Waals surface area (Å²) in [7, 11) is 0. The topological polar surface area (TPSA) is 61.4 Å². The van der Waals surface area contributed by atoms with Crippen LogP contribution in [0, 0.1) is 17.8 Å². The molecule has 5 heteroatoms. The van der Waals surface area contributed by atoms with Crippen LogP contribution in [0.1, 0.15) is 62.2 Å². The molecule has 5 aliphatic rings. The van der Waals surface area contributed by atoms with Crippen LogP contribution in [0.5, 0.6) is 0 Å². The van der Waals surface area contributed by atoms with Crippen LogP contribution in [0.2, 0.25) is 0 Å². The third kappa shape index (κ3) is 2.66. The van der Waals surface area contributed by atoms with E-state index in [2.05, 4.69) is 22.5 Å². The molecule has 0 aromatic heterocycles. The van der Waals surface area contributed by atoms with Gasteiger partial charge in [-0.15, -0.1) is 0 Å². The molecule has 0 unspecified atom stereocenters. The first-order chi connectivity index (χ1) is 13.1. The van der Waals surface area contributed by atoms with E-state index >= 15 is 0 Å². The van der Waals surface area contributed by atoms with E-state index in [1.807, 2.05) is 24.3 Å². The van der Waals surface area contributed by atoms with Crippen LogP contribution in [-0.4, -0.2) is 35.0 Å². The zero-order chi connectivity index (χ0) is 18.6. The number of fused-ring (bicyclic) bond motifs is 3. The Morgan fingerprint density at radius 2 is 2.00 bits per heavy atom. The Hall–Kier alpha value is -2.04. The molecule has 3 aliphatic carbocycles. The summed E-state index contributed by atoms with van der Waals surface area (Å²) in [6, 6.07) is 8.12. The van der Waals surface area contributed by atoms with Crippen molar-refractivity contribution in [1.29, 1.82) is 0 Å². The van der Waals surface area contributed by atoms with E-state index in [0.717, 1.165) is 56.3 Å². The van der Waals surface area contributed by atoms with E-state index in [0.29, 0.717) is 23.8 Å². The highest BCUT2D eigenvalue weighted by atomic mass is 16.2. The number of carbonyl (C=O) groups is 2. The fraction of sp³-hybridized carbons (Fsp3) is 0.636. The van der Waals surface area contributed by atoms with Crippen molar-refractivity contribution in [1.82, 2.24) is 10.2 Å². The second kappa shape index (κ2) is 6.25. The first kappa shape index (κ1) is 17.1. The number of para-hydroxylation sites is 1. The molecule has 5 atom stereocenters. The number of piperidine rings is 1. The molecule has 1 saturated heterocycles. The van der Waals surface area contributed by atoms with E-state index < -0.39 is 0 Å². The number of nitrogens with zero attached hydrogens (tertiary/aromatic N) is 1. The van der Waals surface area contributed by atoms with Gasteiger partial charge in [0.1, 0.15) is 5.66 Å². The Labute approximate surface area is 160 Å².